The maximum absolute atomic E-state index is 10.5. The summed E-state index contributed by atoms with van der Waals surface area (Å²) < 4.78 is 15.5. The molecule has 2 atom stereocenters. The number of aryl methyl sites for hydroxylation is 3. The number of halogens is 2. The van der Waals surface area contributed by atoms with Crippen LogP contribution in [0.4, 0.5) is 0 Å². The molecule has 0 spiro atoms. The average Bonchev–Trinajstić information content (AvgIpc) is 0.873. The summed E-state index contributed by atoms with van der Waals surface area (Å²) in [6, 6.07) is 26.7. The van der Waals surface area contributed by atoms with E-state index in [-0.39, 0.29) is 67.6 Å². The molecule has 2 unspecified atom stereocenters. The minimum Gasteiger partial charge on any atom is -0.504 e. The maximum atomic E-state index is 10.5. The van der Waals surface area contributed by atoms with Gasteiger partial charge in [0.05, 0.1) is 59.0 Å². The van der Waals surface area contributed by atoms with Crippen LogP contribution in [0.1, 0.15) is 265 Å². The van der Waals surface area contributed by atoms with Crippen molar-refractivity contribution >= 4 is 39.1 Å². The fourth-order valence-electron chi connectivity index (χ4n) is 10.4. The standard InChI is InChI=1S/C18H28O3.C16H24O3.C10H13BrO2.C10H17Cl.C10H14O3.C10H18O.C9H10O2.C9H16O.C8H14O/c1-14(2)6-5-10-18(3,20)11-9-15-7-8-16(13-19)17(12-15)21-4;1-12(2)5-4-9-16(3,19)10-8-13-6-7-14(17)15(18)11-13;1-13-10-6-8(4-5-11)2-3-9(10)7-12;1-9(2)5-4-6-10(3)7-8-11;1-13-10-6-8(4-5-11)2-3-9(10)7-12;1-9(2)5-4-6-10(3)7-8-11;1-2-3-7-4-5-8(10)9(11)6-7;1-4-8(2)6-5-7-9(3)10;1-7(2)5-4-6-8(3)9/h6-8,12,19-20H,5,9-11,13H2,1-4H3;5-7,11,17-19H,4,8-10H2,1-3H3;2-3,6,12H,4-5,7H2,1H3;5,7H,4,6,8H2,1-3H3;2-3,6,11-12H,4-5,7H2,1H3;5,7,11H,4,6,8H2,1-3H3;2,4-6,10-11H,1,3H2;6H,4-5,7H2,1-3H3;5H,4,6H2,1-3H3/b;;;10-7+;;10-7+;;8-6+;. The number of hydrogen-bond acceptors (Lipinski definition) is 16. The number of phenolic OH excluding ortho intramolecular Hbond substituents is 4. The van der Waals surface area contributed by atoms with Gasteiger partial charge in [-0.3, -0.25) is 0 Å². The van der Waals surface area contributed by atoms with Crippen LogP contribution in [0.5, 0.6) is 40.2 Å². The highest BCUT2D eigenvalue weighted by molar-refractivity contribution is 9.09. The van der Waals surface area contributed by atoms with Crippen LogP contribution in [0.2, 0.25) is 0 Å². The second-order valence-electron chi connectivity index (χ2n) is 30.8. The molecule has 0 radical (unpaired) electrons. The number of aliphatic hydroxyl groups excluding tert-OH is 5. The summed E-state index contributed by atoms with van der Waals surface area (Å²) in [6.45, 7) is 40.0. The zero-order valence-electron chi connectivity index (χ0n) is 75.9. The lowest BCUT2D eigenvalue weighted by molar-refractivity contribution is -0.117. The van der Waals surface area contributed by atoms with Gasteiger partial charge in [-0.25, -0.2) is 0 Å². The number of methoxy groups -OCH3 is 3. The number of allylic oxidation sites excluding steroid dienone is 16. The molecule has 0 saturated carbocycles. The van der Waals surface area contributed by atoms with Crippen molar-refractivity contribution in [3.8, 4) is 40.2 Å². The molecule has 0 aliphatic heterocycles. The molecule has 0 amide bonds. The first-order valence-corrected chi connectivity index (χ1v) is 42.7. The van der Waals surface area contributed by atoms with Crippen molar-refractivity contribution in [3.05, 3.63) is 241 Å². The highest BCUT2D eigenvalue weighted by Crippen LogP contribution is 2.30. The fraction of sp³-hybridized carbons (Fsp3) is 0.500. The lowest BCUT2D eigenvalue weighted by Crippen LogP contribution is -2.24. The van der Waals surface area contributed by atoms with Crippen molar-refractivity contribution < 1.29 is 80.0 Å². The quantitative estimate of drug-likeness (QED) is 0.00991. The highest BCUT2D eigenvalue weighted by atomic mass is 79.9. The molecule has 0 bridgehead atoms. The third-order valence-electron chi connectivity index (χ3n) is 17.8. The van der Waals surface area contributed by atoms with E-state index in [1.807, 2.05) is 102 Å². The first-order valence-electron chi connectivity index (χ1n) is 41.0. The Morgan fingerprint density at radius 1 is 0.407 bits per heavy atom. The van der Waals surface area contributed by atoms with Crippen LogP contribution in [0.25, 0.3) is 0 Å². The van der Waals surface area contributed by atoms with Gasteiger partial charge in [0.15, 0.2) is 23.0 Å². The van der Waals surface area contributed by atoms with E-state index in [1.165, 1.54) is 68.3 Å². The van der Waals surface area contributed by atoms with E-state index in [1.54, 1.807) is 59.5 Å². The number of rotatable bonds is 39. The van der Waals surface area contributed by atoms with Gasteiger partial charge in [0.1, 0.15) is 28.8 Å². The molecule has 0 heterocycles. The first-order chi connectivity index (χ1) is 55.7. The number of ketones is 2. The summed E-state index contributed by atoms with van der Waals surface area (Å²) in [4.78, 5) is 20.9. The van der Waals surface area contributed by atoms with Crippen molar-refractivity contribution in [2.75, 3.05) is 45.8 Å². The zero-order chi connectivity index (χ0) is 90.6. The topological polar surface area (TPSA) is 284 Å². The van der Waals surface area contributed by atoms with E-state index in [2.05, 4.69) is 134 Å². The molecule has 16 nitrogen and oxygen atoms in total. The van der Waals surface area contributed by atoms with Crippen molar-refractivity contribution in [3.63, 3.8) is 0 Å². The smallest absolute Gasteiger partial charge is 0.157 e. The first kappa shape index (κ1) is 117. The third kappa shape index (κ3) is 67.0. The van der Waals surface area contributed by atoms with Crippen molar-refractivity contribution in [2.45, 2.75) is 284 Å². The number of phenols is 4. The second kappa shape index (κ2) is 72.0. The van der Waals surface area contributed by atoms with Crippen LogP contribution in [0.3, 0.4) is 0 Å². The number of hydrogen-bond donors (Lipinski definition) is 11. The van der Waals surface area contributed by atoms with Gasteiger partial charge in [-0.2, -0.15) is 0 Å². The van der Waals surface area contributed by atoms with Gasteiger partial charge in [0.2, 0.25) is 0 Å². The lowest BCUT2D eigenvalue weighted by Gasteiger charge is -2.23. The van der Waals surface area contributed by atoms with E-state index >= 15 is 0 Å². The number of carbonyl (C=O) groups is 2. The van der Waals surface area contributed by atoms with Gasteiger partial charge in [0.25, 0.3) is 0 Å². The number of benzene rings is 5. The number of alkyl halides is 2. The fourth-order valence-corrected chi connectivity index (χ4v) is 11.1. The monoisotopic (exact) mass is 1730 g/mol. The molecule has 0 aliphatic carbocycles. The van der Waals surface area contributed by atoms with E-state index in [0.29, 0.717) is 62.3 Å². The zero-order valence-corrected chi connectivity index (χ0v) is 78.2. The Balaban J connectivity index is -0.000000628. The molecule has 11 N–H and O–H groups in total. The number of carbonyl (C=O) groups excluding carboxylic acids is 2. The molecule has 0 saturated heterocycles. The second-order valence-corrected chi connectivity index (χ2v) is 31.9. The Hall–Kier alpha value is -7.81. The van der Waals surface area contributed by atoms with E-state index in [9.17, 15) is 35.1 Å². The molecule has 5 aromatic carbocycles. The molecule has 0 aliphatic rings. The number of aliphatic hydroxyl groups is 7. The Morgan fingerprint density at radius 2 is 0.729 bits per heavy atom. The molecular weight excluding hydrogens is 1570 g/mol. The third-order valence-corrected chi connectivity index (χ3v) is 18.4. The minimum absolute atomic E-state index is 0.0239. The van der Waals surface area contributed by atoms with Gasteiger partial charge in [-0.1, -0.05) is 171 Å². The molecule has 18 heteroatoms. The summed E-state index contributed by atoms with van der Waals surface area (Å²) in [5.41, 5.74) is 16.8. The van der Waals surface area contributed by atoms with Crippen LogP contribution in [0, 0.1) is 0 Å². The number of ether oxygens (including phenoxy) is 3. The van der Waals surface area contributed by atoms with Crippen LogP contribution >= 0.6 is 27.5 Å². The number of aromatic hydroxyl groups is 4. The Bertz CT molecular complexity index is 3700. The van der Waals surface area contributed by atoms with Gasteiger partial charge in [-0.05, 0) is 304 Å². The average molecular weight is 1730 g/mol. The van der Waals surface area contributed by atoms with Gasteiger partial charge >= 0.3 is 0 Å². The Kier molecular flexibility index (Phi) is 71.1. The summed E-state index contributed by atoms with van der Waals surface area (Å²) in [5, 5.41) is 103. The van der Waals surface area contributed by atoms with Gasteiger partial charge in [-0.15, -0.1) is 18.2 Å². The van der Waals surface area contributed by atoms with Crippen molar-refractivity contribution in [1.82, 2.24) is 0 Å². The van der Waals surface area contributed by atoms with Gasteiger partial charge in [0, 0.05) is 47.3 Å². The Labute approximate surface area is 726 Å². The molecular formula is C100H154BrClO16. The molecule has 0 fully saturated rings. The number of Topliss-reactive ketones (excluding diaryl/α,β-unsaturated/α-hetero) is 2. The van der Waals surface area contributed by atoms with E-state index in [4.69, 9.17) is 56.5 Å². The van der Waals surface area contributed by atoms with Crippen molar-refractivity contribution in [2.24, 2.45) is 0 Å². The largest absolute Gasteiger partial charge is 0.504 e. The molecule has 0 aromatic heterocycles. The molecule has 118 heavy (non-hydrogen) atoms. The van der Waals surface area contributed by atoms with Crippen LogP contribution in [-0.2, 0) is 61.5 Å². The SMILES string of the molecule is C=CCc1ccc(O)c(O)c1.CC(=O)CCC=C(C)C.CC(C)=CCC/C(C)=C/CCl.CC(C)=CCC/C(C)=C/CO.CC(C)=CCCC(C)(O)CCc1ccc(O)c(O)c1.CC/C(C)=C/CCC(C)=O.COc1cc(CCBr)ccc1CO.COc1cc(CCC(C)(O)CCC=C(C)C)ccc1CO.COc1cc(CCO)ccc1CO. The summed E-state index contributed by atoms with van der Waals surface area (Å²) in [5.74, 6) is 2.95. The molecule has 5 aromatic rings. The van der Waals surface area contributed by atoms with Gasteiger partial charge < -0.3 is 80.0 Å². The highest BCUT2D eigenvalue weighted by Gasteiger charge is 2.21. The van der Waals surface area contributed by atoms with Crippen LogP contribution in [0.15, 0.2) is 197 Å². The normalized spacial score (nSPS) is 11.6. The van der Waals surface area contributed by atoms with Crippen molar-refractivity contribution in [1.29, 1.82) is 0 Å². The Morgan fingerprint density at radius 3 is 1.04 bits per heavy atom. The predicted octanol–water partition coefficient (Wildman–Crippen LogP) is 23.4. The van der Waals surface area contributed by atoms with E-state index in [0.717, 1.165) is 133 Å². The predicted molar refractivity (Wildman–Crippen MR) is 500 cm³/mol. The molecule has 5 rings (SSSR count). The summed E-state index contributed by atoms with van der Waals surface area (Å²) in [6.07, 6.45) is 35.7. The summed E-state index contributed by atoms with van der Waals surface area (Å²) >= 11 is 8.92. The summed E-state index contributed by atoms with van der Waals surface area (Å²) in [7, 11) is 4.79. The lowest BCUT2D eigenvalue weighted by atomic mass is 9.91. The van der Waals surface area contributed by atoms with Crippen LogP contribution in [-0.4, -0.2) is 125 Å². The van der Waals surface area contributed by atoms with E-state index < -0.39 is 11.2 Å². The molecule has 664 valence electrons. The van der Waals surface area contributed by atoms with Crippen LogP contribution < -0.4 is 14.2 Å². The maximum Gasteiger partial charge on any atom is 0.157 e. The minimum atomic E-state index is -0.709.